The van der Waals surface area contributed by atoms with Gasteiger partial charge in [0.25, 0.3) is 0 Å². The first-order valence-electron chi connectivity index (χ1n) is 5.73. The Bertz CT molecular complexity index is 235. The fourth-order valence-corrected chi connectivity index (χ4v) is 0.683. The van der Waals surface area contributed by atoms with Crippen LogP contribution in [0.25, 0.3) is 0 Å². The van der Waals surface area contributed by atoms with Crippen molar-refractivity contribution in [2.24, 2.45) is 0 Å². The number of alkyl carbamates (subject to hydrolysis) is 1. The summed E-state index contributed by atoms with van der Waals surface area (Å²) in [6.45, 7) is 11.4. The molecule has 0 saturated carbocycles. The number of amides is 1. The van der Waals surface area contributed by atoms with Crippen LogP contribution in [0, 0.1) is 6.92 Å². The molecule has 0 aromatic carbocycles. The molecule has 0 aliphatic heterocycles. The average molecular weight is 778 g/mol. The van der Waals surface area contributed by atoms with Gasteiger partial charge in [0, 0.05) is 88.7 Å². The summed E-state index contributed by atoms with van der Waals surface area (Å²) in [5.74, 6) is -1.50. The third kappa shape index (κ3) is 39.1. The van der Waals surface area contributed by atoms with Gasteiger partial charge in [0.05, 0.1) is 6.61 Å². The third-order valence-corrected chi connectivity index (χ3v) is 1.29. The van der Waals surface area contributed by atoms with Crippen molar-refractivity contribution in [1.82, 2.24) is 5.32 Å². The van der Waals surface area contributed by atoms with Gasteiger partial charge in [-0.25, -0.2) is 4.79 Å². The number of ether oxygens (including phenoxy) is 1. The molecule has 0 aliphatic rings. The predicted molar refractivity (Wildman–Crippen MR) is 68.7 cm³/mol. The fraction of sp³-hybridized carbons (Fsp3) is 0.833. The van der Waals surface area contributed by atoms with Crippen LogP contribution in [0.1, 0.15) is 41.0 Å². The number of hydrogen-bond acceptors (Lipinski definition) is 5. The minimum atomic E-state index is -1.50. The molecule has 21 heavy (non-hydrogen) atoms. The molecule has 116 valence electrons. The number of nitrogens with one attached hydrogen (secondary N) is 1. The summed E-state index contributed by atoms with van der Waals surface area (Å²) in [5.41, 5.74) is -0.509. The minimum Gasteiger partial charge on any atom is -0.444 e. The largest absolute Gasteiger partial charge is 0.444 e. The molecule has 1 unspecified atom stereocenters. The molecule has 0 aromatic rings. The first kappa shape index (κ1) is 34.3. The summed E-state index contributed by atoms with van der Waals surface area (Å²) in [6, 6.07) is -0.324. The van der Waals surface area contributed by atoms with E-state index in [4.69, 9.17) is 20.1 Å². The Balaban J connectivity index is -0.0000000933. The second-order valence-corrected chi connectivity index (χ2v) is 5.31. The second-order valence-electron chi connectivity index (χ2n) is 5.31. The van der Waals surface area contributed by atoms with E-state index in [0.29, 0.717) is 6.42 Å². The summed E-state index contributed by atoms with van der Waals surface area (Å²) < 4.78 is 4.98. The van der Waals surface area contributed by atoms with Crippen LogP contribution >= 0.6 is 0 Å². The molecule has 0 fully saturated rings. The van der Waals surface area contributed by atoms with Gasteiger partial charge < -0.3 is 32.3 Å². The smallest absolute Gasteiger partial charge is 0.407 e. The fourth-order valence-electron chi connectivity index (χ4n) is 0.683. The van der Waals surface area contributed by atoms with Gasteiger partial charge in [-0.15, -0.1) is 0 Å². The quantitative estimate of drug-likeness (QED) is 0.193. The number of aliphatic hydroxyl groups excluding tert-OH is 1. The van der Waals surface area contributed by atoms with Crippen molar-refractivity contribution in [3.63, 3.8) is 0 Å². The van der Waals surface area contributed by atoms with E-state index in [9.17, 15) is 4.79 Å². The molecule has 0 heterocycles. The molecule has 9 heteroatoms. The molecule has 0 rings (SSSR count). The van der Waals surface area contributed by atoms with Crippen molar-refractivity contribution in [2.45, 2.75) is 58.5 Å². The summed E-state index contributed by atoms with van der Waals surface area (Å²) in [6.07, 6.45) is -0.0781. The van der Waals surface area contributed by atoms with Crippen molar-refractivity contribution in [1.29, 1.82) is 0 Å². The molecule has 0 radical (unpaired) electrons. The van der Waals surface area contributed by atoms with E-state index in [0.717, 1.165) is 0 Å². The maximum atomic E-state index is 11.1. The number of aliphatic hydroxyl groups is 3. The normalized spacial score (nSPS) is 11.3. The van der Waals surface area contributed by atoms with Crippen LogP contribution < -0.4 is 5.32 Å². The molecule has 1 amide bonds. The molecule has 0 bridgehead atoms. The van der Waals surface area contributed by atoms with Crippen molar-refractivity contribution in [3.8, 4) is 0 Å². The van der Waals surface area contributed by atoms with E-state index in [1.165, 1.54) is 13.8 Å². The third-order valence-electron chi connectivity index (χ3n) is 1.29. The Hall–Kier alpha value is 1.94. The van der Waals surface area contributed by atoms with Crippen LogP contribution in [0.2, 0.25) is 0 Å². The topological polar surface area (TPSA) is 99.0 Å². The van der Waals surface area contributed by atoms with Gasteiger partial charge in [0.15, 0.2) is 5.79 Å². The Labute approximate surface area is 189 Å². The standard InChI is InChI=1S/C9H18NO3.C3H8O2.Cd.2Hg/c1-5-7(6-11)10-8(12)13-9(2,3)4;1-3(2,4)5;;;/h7,11H,1,5-6H2,2-4H3,(H,10,12);4-5H,1-2H3;;;/q-1;;;;. The molecule has 4 N–H and O–H groups in total. The van der Waals surface area contributed by atoms with Crippen LogP contribution in [0.4, 0.5) is 4.79 Å². The SMILES string of the molecule is CC(C)(O)O.[CH2-]CC(CO)NC(=O)OC(C)(C)C.[Cd].[Hg].[Hg]. The molecule has 6 nitrogen and oxygen atoms in total. The first-order chi connectivity index (χ1) is 7.89. The van der Waals surface area contributed by atoms with Gasteiger partial charge in [-0.2, -0.15) is 6.42 Å². The van der Waals surface area contributed by atoms with Gasteiger partial charge in [0.2, 0.25) is 0 Å². The van der Waals surface area contributed by atoms with Crippen molar-refractivity contribution in [2.75, 3.05) is 6.61 Å². The van der Waals surface area contributed by atoms with E-state index >= 15 is 0 Å². The van der Waals surface area contributed by atoms with E-state index < -0.39 is 17.5 Å². The molecule has 0 spiro atoms. The monoisotopic (exact) mass is 782 g/mol. The van der Waals surface area contributed by atoms with Crippen LogP contribution in [0.5, 0.6) is 0 Å². The first-order valence-corrected chi connectivity index (χ1v) is 5.73. The molecular weight excluding hydrogens is 752 g/mol. The Kier molecular flexibility index (Phi) is 27.4. The molecule has 1 atom stereocenters. The van der Waals surface area contributed by atoms with Crippen LogP contribution in [0.3, 0.4) is 0 Å². The summed E-state index contributed by atoms with van der Waals surface area (Å²) >= 11 is 0. The Morgan fingerprint density at radius 2 is 1.52 bits per heavy atom. The molecule has 0 aromatic heterocycles. The van der Waals surface area contributed by atoms with Gasteiger partial charge in [-0.3, -0.25) is 0 Å². The van der Waals surface area contributed by atoms with Crippen LogP contribution in [-0.2, 0) is 87.4 Å². The predicted octanol–water partition coefficient (Wildman–Crippen LogP) is 0.796. The van der Waals surface area contributed by atoms with Crippen molar-refractivity contribution < 1.29 is 107 Å². The number of hydrogen-bond donors (Lipinski definition) is 4. The maximum Gasteiger partial charge on any atom is 0.407 e. The Morgan fingerprint density at radius 1 is 1.19 bits per heavy atom. The second kappa shape index (κ2) is 16.8. The minimum absolute atomic E-state index is 0. The zero-order valence-electron chi connectivity index (χ0n) is 14.0. The Morgan fingerprint density at radius 3 is 1.71 bits per heavy atom. The van der Waals surface area contributed by atoms with E-state index in [2.05, 4.69) is 12.2 Å². The zero-order valence-corrected chi connectivity index (χ0v) is 29.0. The summed E-state index contributed by atoms with van der Waals surface area (Å²) in [5, 5.41) is 27.4. The molecule has 0 aliphatic carbocycles. The molecule has 0 saturated heterocycles. The number of rotatable bonds is 3. The average Bonchev–Trinajstić information content (AvgIpc) is 2.08. The number of carbonyl (C=O) groups is 1. The van der Waals surface area contributed by atoms with Crippen molar-refractivity contribution in [3.05, 3.63) is 6.92 Å². The van der Waals surface area contributed by atoms with Gasteiger partial charge in [0.1, 0.15) is 5.60 Å². The summed E-state index contributed by atoms with van der Waals surface area (Å²) in [7, 11) is 0. The van der Waals surface area contributed by atoms with E-state index in [-0.39, 0.29) is 95.3 Å². The van der Waals surface area contributed by atoms with E-state index in [1.807, 2.05) is 0 Å². The molecular formula is C12H26CdHg2NO5-. The van der Waals surface area contributed by atoms with Crippen molar-refractivity contribution >= 4 is 6.09 Å². The van der Waals surface area contributed by atoms with Gasteiger partial charge >= 0.3 is 6.09 Å². The number of carbonyl (C=O) groups excluding carboxylic acids is 1. The van der Waals surface area contributed by atoms with Gasteiger partial charge in [-0.05, 0) is 34.6 Å². The summed E-state index contributed by atoms with van der Waals surface area (Å²) in [4.78, 5) is 11.1. The van der Waals surface area contributed by atoms with Crippen LogP contribution in [-0.4, -0.2) is 45.4 Å². The van der Waals surface area contributed by atoms with E-state index in [1.54, 1.807) is 20.8 Å². The maximum absolute atomic E-state index is 11.1. The van der Waals surface area contributed by atoms with Gasteiger partial charge in [-0.1, -0.05) is 0 Å². The zero-order chi connectivity index (χ0) is 15.0. The van der Waals surface area contributed by atoms with Crippen LogP contribution in [0.15, 0.2) is 0 Å².